The average Bonchev–Trinajstić information content (AvgIpc) is 2.60. The van der Waals surface area contributed by atoms with Crippen LogP contribution in [0.1, 0.15) is 12.0 Å². The summed E-state index contributed by atoms with van der Waals surface area (Å²) >= 11 is 1.82. The van der Waals surface area contributed by atoms with Gasteiger partial charge in [-0.25, -0.2) is 0 Å². The first-order valence-corrected chi connectivity index (χ1v) is 8.53. The van der Waals surface area contributed by atoms with Gasteiger partial charge in [0.05, 0.1) is 0 Å². The van der Waals surface area contributed by atoms with E-state index in [0.29, 0.717) is 0 Å². The molecule has 2 atom stereocenters. The second kappa shape index (κ2) is 5.36. The van der Waals surface area contributed by atoms with Gasteiger partial charge in [-0.1, -0.05) is 48.5 Å². The Balaban J connectivity index is 1.72. The molecule has 2 aromatic rings. The number of para-hydroxylation sites is 1. The second-order valence-corrected chi connectivity index (χ2v) is 6.88. The average molecular weight is 311 g/mol. The first kappa shape index (κ1) is 13.7. The predicted molar refractivity (Wildman–Crippen MR) is 87.8 cm³/mol. The smallest absolute Gasteiger partial charge is 0.268 e. The van der Waals surface area contributed by atoms with Gasteiger partial charge in [0.15, 0.2) is 4.87 Å². The maximum Gasteiger partial charge on any atom is 0.268 e. The van der Waals surface area contributed by atoms with Crippen LogP contribution < -0.4 is 4.74 Å². The van der Waals surface area contributed by atoms with Crippen LogP contribution in [-0.4, -0.2) is 29.2 Å². The summed E-state index contributed by atoms with van der Waals surface area (Å²) in [4.78, 5) is 14.2. The van der Waals surface area contributed by atoms with Crippen LogP contribution in [0.3, 0.4) is 0 Å². The molecule has 2 aliphatic heterocycles. The van der Waals surface area contributed by atoms with Crippen LogP contribution in [0.4, 0.5) is 0 Å². The van der Waals surface area contributed by atoms with Crippen LogP contribution in [0.5, 0.6) is 5.75 Å². The van der Waals surface area contributed by atoms with Crippen LogP contribution in [0.2, 0.25) is 0 Å². The molecule has 2 saturated heterocycles. The molecule has 4 heteroatoms. The molecule has 0 radical (unpaired) electrons. The van der Waals surface area contributed by atoms with E-state index in [0.717, 1.165) is 30.0 Å². The molecule has 112 valence electrons. The zero-order valence-electron chi connectivity index (χ0n) is 12.1. The number of rotatable bonds is 3. The summed E-state index contributed by atoms with van der Waals surface area (Å²) in [5.74, 6) is 1.90. The molecule has 3 nitrogen and oxygen atoms in total. The number of β-lactam (4-membered cyclic amide) rings is 1. The number of fused-ring (bicyclic) bond motifs is 1. The standard InChI is InChI=1S/C18H17NO2S/c20-17-16(21-15-10-5-2-6-11-15)18(14-8-3-1-4-9-14)19(17)12-7-13-22-18/h1-6,8-11,16H,7,12-13H2/t16-,18+/m1/s1. The molecule has 2 heterocycles. The van der Waals surface area contributed by atoms with E-state index in [9.17, 15) is 4.79 Å². The lowest BCUT2D eigenvalue weighted by molar-refractivity contribution is -0.169. The Kier molecular flexibility index (Phi) is 3.34. The minimum atomic E-state index is -0.442. The predicted octanol–water partition coefficient (Wildman–Crippen LogP) is 3.27. The molecule has 4 rings (SSSR count). The summed E-state index contributed by atoms with van der Waals surface area (Å²) in [5.41, 5.74) is 1.15. The van der Waals surface area contributed by atoms with Crippen LogP contribution in [0, 0.1) is 0 Å². The van der Waals surface area contributed by atoms with Crippen molar-refractivity contribution in [1.82, 2.24) is 4.90 Å². The van der Waals surface area contributed by atoms with Crippen molar-refractivity contribution in [1.29, 1.82) is 0 Å². The molecule has 0 unspecified atom stereocenters. The third kappa shape index (κ3) is 1.94. The molecule has 0 aromatic heterocycles. The lowest BCUT2D eigenvalue weighted by Gasteiger charge is -2.58. The normalized spacial score (nSPS) is 27.0. The van der Waals surface area contributed by atoms with Gasteiger partial charge in [0.1, 0.15) is 5.75 Å². The van der Waals surface area contributed by atoms with E-state index < -0.39 is 6.10 Å². The number of amides is 1. The number of carbonyl (C=O) groups excluding carboxylic acids is 1. The van der Waals surface area contributed by atoms with Gasteiger partial charge in [-0.05, 0) is 29.9 Å². The number of hydrogen-bond donors (Lipinski definition) is 0. The molecule has 0 saturated carbocycles. The third-order valence-electron chi connectivity index (χ3n) is 4.28. The van der Waals surface area contributed by atoms with Crippen molar-refractivity contribution in [2.45, 2.75) is 17.4 Å². The Morgan fingerprint density at radius 2 is 1.73 bits per heavy atom. The molecule has 22 heavy (non-hydrogen) atoms. The van der Waals surface area contributed by atoms with Gasteiger partial charge in [0.2, 0.25) is 6.10 Å². The van der Waals surface area contributed by atoms with Crippen molar-refractivity contribution in [3.05, 3.63) is 66.2 Å². The van der Waals surface area contributed by atoms with E-state index in [1.54, 1.807) is 0 Å². The highest BCUT2D eigenvalue weighted by molar-refractivity contribution is 8.00. The SMILES string of the molecule is O=C1[C@@H](Oc2ccccc2)[C@]2(c3ccccc3)SCCCN12. The van der Waals surface area contributed by atoms with Crippen molar-refractivity contribution >= 4 is 17.7 Å². The molecule has 0 N–H and O–H groups in total. The van der Waals surface area contributed by atoms with Gasteiger partial charge in [0.25, 0.3) is 5.91 Å². The maximum absolute atomic E-state index is 12.6. The molecule has 0 bridgehead atoms. The molecule has 0 spiro atoms. The van der Waals surface area contributed by atoms with E-state index >= 15 is 0 Å². The van der Waals surface area contributed by atoms with Gasteiger partial charge in [-0.2, -0.15) is 0 Å². The van der Waals surface area contributed by atoms with E-state index in [1.807, 2.05) is 65.2 Å². The van der Waals surface area contributed by atoms with Gasteiger partial charge in [-0.15, -0.1) is 11.8 Å². The van der Waals surface area contributed by atoms with Gasteiger partial charge >= 0.3 is 0 Å². The topological polar surface area (TPSA) is 29.5 Å². The summed E-state index contributed by atoms with van der Waals surface area (Å²) in [6.45, 7) is 0.815. The fraction of sp³-hybridized carbons (Fsp3) is 0.278. The number of benzene rings is 2. The zero-order chi connectivity index (χ0) is 15.0. The Labute approximate surface area is 134 Å². The van der Waals surface area contributed by atoms with Gasteiger partial charge in [-0.3, -0.25) is 4.79 Å². The number of carbonyl (C=O) groups is 1. The fourth-order valence-electron chi connectivity index (χ4n) is 3.26. The van der Waals surface area contributed by atoms with Crippen molar-refractivity contribution in [2.24, 2.45) is 0 Å². The molecule has 1 amide bonds. The Morgan fingerprint density at radius 3 is 2.45 bits per heavy atom. The van der Waals surface area contributed by atoms with Gasteiger partial charge < -0.3 is 9.64 Å². The molecule has 2 aromatic carbocycles. The van der Waals surface area contributed by atoms with Crippen LogP contribution in [0.15, 0.2) is 60.7 Å². The second-order valence-electron chi connectivity index (χ2n) is 5.57. The first-order valence-electron chi connectivity index (χ1n) is 7.55. The summed E-state index contributed by atoms with van der Waals surface area (Å²) in [6.07, 6.45) is 0.603. The minimum absolute atomic E-state index is 0.0971. The minimum Gasteiger partial charge on any atom is -0.477 e. The third-order valence-corrected chi connectivity index (χ3v) is 5.88. The van der Waals surface area contributed by atoms with Crippen LogP contribution in [0.25, 0.3) is 0 Å². The number of ether oxygens (including phenoxy) is 1. The Morgan fingerprint density at radius 1 is 1.05 bits per heavy atom. The lowest BCUT2D eigenvalue weighted by Crippen LogP contribution is -2.73. The highest BCUT2D eigenvalue weighted by atomic mass is 32.2. The Bertz CT molecular complexity index is 676. The van der Waals surface area contributed by atoms with Crippen molar-refractivity contribution < 1.29 is 9.53 Å². The first-order chi connectivity index (χ1) is 10.8. The quantitative estimate of drug-likeness (QED) is 0.815. The summed E-state index contributed by atoms with van der Waals surface area (Å²) < 4.78 is 6.08. The van der Waals surface area contributed by atoms with Crippen LogP contribution >= 0.6 is 11.8 Å². The maximum atomic E-state index is 12.6. The highest BCUT2D eigenvalue weighted by Gasteiger charge is 2.64. The number of thioether (sulfide) groups is 1. The zero-order valence-corrected chi connectivity index (χ0v) is 13.0. The summed E-state index contributed by atoms with van der Waals surface area (Å²) in [6, 6.07) is 19.9. The summed E-state index contributed by atoms with van der Waals surface area (Å²) in [7, 11) is 0. The number of nitrogens with zero attached hydrogens (tertiary/aromatic N) is 1. The van der Waals surface area contributed by atoms with Crippen molar-refractivity contribution in [3.63, 3.8) is 0 Å². The van der Waals surface area contributed by atoms with E-state index in [4.69, 9.17) is 4.74 Å². The highest BCUT2D eigenvalue weighted by Crippen LogP contribution is 2.54. The summed E-state index contributed by atoms with van der Waals surface area (Å²) in [5, 5.41) is 0. The molecule has 2 fully saturated rings. The Hall–Kier alpha value is -1.94. The van der Waals surface area contributed by atoms with E-state index in [-0.39, 0.29) is 10.8 Å². The lowest BCUT2D eigenvalue weighted by atomic mass is 9.88. The monoisotopic (exact) mass is 311 g/mol. The molecule has 0 aliphatic carbocycles. The molecule has 2 aliphatic rings. The van der Waals surface area contributed by atoms with Crippen LogP contribution in [-0.2, 0) is 9.67 Å². The van der Waals surface area contributed by atoms with Crippen molar-refractivity contribution in [3.8, 4) is 5.75 Å². The number of hydrogen-bond acceptors (Lipinski definition) is 3. The van der Waals surface area contributed by atoms with E-state index in [1.165, 1.54) is 0 Å². The fourth-order valence-corrected chi connectivity index (χ4v) is 4.79. The molecular weight excluding hydrogens is 294 g/mol. The van der Waals surface area contributed by atoms with Gasteiger partial charge in [0, 0.05) is 6.54 Å². The van der Waals surface area contributed by atoms with Crippen molar-refractivity contribution in [2.75, 3.05) is 12.3 Å². The van der Waals surface area contributed by atoms with E-state index in [2.05, 4.69) is 12.1 Å². The largest absolute Gasteiger partial charge is 0.477 e. The molecular formula is C18H17NO2S.